The van der Waals surface area contributed by atoms with Gasteiger partial charge in [0.05, 0.1) is 46.7 Å². The smallest absolute Gasteiger partial charge is 0.342 e. The van der Waals surface area contributed by atoms with E-state index in [0.29, 0.717) is 11.3 Å². The highest BCUT2D eigenvalue weighted by molar-refractivity contribution is 6.18. The minimum atomic E-state index is -0.968. The van der Waals surface area contributed by atoms with E-state index >= 15 is 0 Å². The SMILES string of the molecule is COc1cc2c(c(OC)c1OC)N1C(=O)c3c(ccc(OC)c3OC)[C@@H]1OC2=O. The van der Waals surface area contributed by atoms with E-state index in [1.54, 1.807) is 12.1 Å². The first-order chi connectivity index (χ1) is 14.0. The van der Waals surface area contributed by atoms with Crippen molar-refractivity contribution in [1.82, 2.24) is 0 Å². The minimum Gasteiger partial charge on any atom is -0.493 e. The predicted octanol–water partition coefficient (Wildman–Crippen LogP) is 2.56. The van der Waals surface area contributed by atoms with Gasteiger partial charge in [0.15, 0.2) is 23.0 Å². The van der Waals surface area contributed by atoms with E-state index in [1.165, 1.54) is 46.5 Å². The van der Waals surface area contributed by atoms with Gasteiger partial charge in [-0.2, -0.15) is 0 Å². The van der Waals surface area contributed by atoms with E-state index in [1.807, 2.05) is 0 Å². The lowest BCUT2D eigenvalue weighted by Gasteiger charge is -2.33. The molecule has 2 heterocycles. The van der Waals surface area contributed by atoms with Gasteiger partial charge in [0.1, 0.15) is 5.69 Å². The third kappa shape index (κ3) is 2.40. The van der Waals surface area contributed by atoms with Crippen LogP contribution < -0.4 is 28.6 Å². The van der Waals surface area contributed by atoms with Crippen LogP contribution in [0.1, 0.15) is 32.5 Å². The molecule has 152 valence electrons. The minimum absolute atomic E-state index is 0.128. The zero-order valence-electron chi connectivity index (χ0n) is 16.5. The molecule has 0 N–H and O–H groups in total. The quantitative estimate of drug-likeness (QED) is 0.706. The van der Waals surface area contributed by atoms with Crippen molar-refractivity contribution in [2.75, 3.05) is 40.4 Å². The lowest BCUT2D eigenvalue weighted by Crippen LogP contribution is -2.36. The topological polar surface area (TPSA) is 92.8 Å². The summed E-state index contributed by atoms with van der Waals surface area (Å²) in [5.74, 6) is 0.357. The number of amides is 1. The molecule has 0 spiro atoms. The molecule has 9 nitrogen and oxygen atoms in total. The largest absolute Gasteiger partial charge is 0.493 e. The lowest BCUT2D eigenvalue weighted by molar-refractivity contribution is 0.0270. The van der Waals surface area contributed by atoms with Gasteiger partial charge in [-0.25, -0.2) is 4.79 Å². The van der Waals surface area contributed by atoms with E-state index in [-0.39, 0.29) is 39.8 Å². The third-order valence-corrected chi connectivity index (χ3v) is 4.99. The molecule has 0 aliphatic carbocycles. The first-order valence-electron chi connectivity index (χ1n) is 8.64. The number of methoxy groups -OCH3 is 5. The predicted molar refractivity (Wildman–Crippen MR) is 101 cm³/mol. The van der Waals surface area contributed by atoms with Crippen molar-refractivity contribution in [3.8, 4) is 28.7 Å². The molecule has 0 unspecified atom stereocenters. The fourth-order valence-electron chi connectivity index (χ4n) is 3.77. The molecule has 0 fully saturated rings. The second-order valence-corrected chi connectivity index (χ2v) is 6.24. The molecule has 2 aliphatic heterocycles. The molecular weight excluding hydrogens is 382 g/mol. The zero-order valence-corrected chi connectivity index (χ0v) is 16.5. The van der Waals surface area contributed by atoms with Crippen molar-refractivity contribution in [2.45, 2.75) is 6.23 Å². The van der Waals surface area contributed by atoms with Gasteiger partial charge in [0.25, 0.3) is 5.91 Å². The normalized spacial score (nSPS) is 16.4. The first-order valence-corrected chi connectivity index (χ1v) is 8.64. The number of carbonyl (C=O) groups excluding carboxylic acids is 2. The first kappa shape index (κ1) is 18.7. The van der Waals surface area contributed by atoms with Crippen LogP contribution in [0.3, 0.4) is 0 Å². The van der Waals surface area contributed by atoms with Gasteiger partial charge in [0.2, 0.25) is 12.0 Å². The Morgan fingerprint density at radius 1 is 0.828 bits per heavy atom. The van der Waals surface area contributed by atoms with Gasteiger partial charge in [-0.3, -0.25) is 9.69 Å². The molecule has 29 heavy (non-hydrogen) atoms. The Labute approximate surface area is 166 Å². The number of nitrogens with zero attached hydrogens (tertiary/aromatic N) is 1. The number of esters is 1. The van der Waals surface area contributed by atoms with Crippen LogP contribution in [-0.4, -0.2) is 47.4 Å². The highest BCUT2D eigenvalue weighted by Crippen LogP contribution is 2.55. The summed E-state index contributed by atoms with van der Waals surface area (Å²) in [6.07, 6.45) is -0.968. The average molecular weight is 401 g/mol. The van der Waals surface area contributed by atoms with Crippen LogP contribution >= 0.6 is 0 Å². The van der Waals surface area contributed by atoms with Crippen molar-refractivity contribution in [3.05, 3.63) is 34.9 Å². The third-order valence-electron chi connectivity index (χ3n) is 4.99. The van der Waals surface area contributed by atoms with E-state index in [9.17, 15) is 9.59 Å². The number of benzene rings is 2. The van der Waals surface area contributed by atoms with Gasteiger partial charge in [-0.05, 0) is 12.1 Å². The molecule has 0 saturated heterocycles. The molecule has 0 bridgehead atoms. The summed E-state index contributed by atoms with van der Waals surface area (Å²) >= 11 is 0. The van der Waals surface area contributed by atoms with Gasteiger partial charge in [0, 0.05) is 11.6 Å². The lowest BCUT2D eigenvalue weighted by atomic mass is 10.1. The van der Waals surface area contributed by atoms with Crippen LogP contribution in [0.15, 0.2) is 18.2 Å². The summed E-state index contributed by atoms with van der Waals surface area (Å²) in [5.41, 5.74) is 1.12. The van der Waals surface area contributed by atoms with Crippen molar-refractivity contribution in [3.63, 3.8) is 0 Å². The van der Waals surface area contributed by atoms with Crippen molar-refractivity contribution in [1.29, 1.82) is 0 Å². The van der Waals surface area contributed by atoms with Crippen molar-refractivity contribution < 1.29 is 38.0 Å². The summed E-state index contributed by atoms with van der Waals surface area (Å²) in [7, 11) is 7.22. The molecule has 0 radical (unpaired) electrons. The standard InChI is InChI=1S/C20H19NO8/c1-24-11-7-6-9-13(15(11)26-3)18(22)21-14-10(20(23)29-19(9)21)8-12(25-2)16(27-4)17(14)28-5/h6-8,19H,1-5H3/t19-/m0/s1. The maximum absolute atomic E-state index is 13.4. The summed E-state index contributed by atoms with van der Waals surface area (Å²) in [6, 6.07) is 4.79. The van der Waals surface area contributed by atoms with E-state index in [2.05, 4.69) is 0 Å². The van der Waals surface area contributed by atoms with E-state index in [0.717, 1.165) is 0 Å². The van der Waals surface area contributed by atoms with Crippen LogP contribution in [0.5, 0.6) is 28.7 Å². The van der Waals surface area contributed by atoms with Crippen LogP contribution in [0.2, 0.25) is 0 Å². The summed E-state index contributed by atoms with van der Waals surface area (Å²) < 4.78 is 32.6. The highest BCUT2D eigenvalue weighted by Gasteiger charge is 2.49. The number of rotatable bonds is 5. The van der Waals surface area contributed by atoms with E-state index < -0.39 is 18.1 Å². The van der Waals surface area contributed by atoms with Gasteiger partial charge < -0.3 is 28.4 Å². The Kier molecular flexibility index (Phi) is 4.37. The zero-order chi connectivity index (χ0) is 20.9. The number of anilines is 1. The van der Waals surface area contributed by atoms with Gasteiger partial charge >= 0.3 is 5.97 Å². The van der Waals surface area contributed by atoms with Crippen LogP contribution in [0.25, 0.3) is 0 Å². The molecule has 2 aromatic carbocycles. The highest BCUT2D eigenvalue weighted by atomic mass is 16.6. The Morgan fingerprint density at radius 2 is 1.48 bits per heavy atom. The number of hydrogen-bond acceptors (Lipinski definition) is 8. The summed E-state index contributed by atoms with van der Waals surface area (Å²) in [6.45, 7) is 0. The number of ether oxygens (including phenoxy) is 6. The fraction of sp³-hybridized carbons (Fsp3) is 0.300. The molecule has 2 aromatic rings. The van der Waals surface area contributed by atoms with Crippen LogP contribution in [0.4, 0.5) is 5.69 Å². The Bertz CT molecular complexity index is 1030. The Balaban J connectivity index is 2.00. The summed E-state index contributed by atoms with van der Waals surface area (Å²) in [5, 5.41) is 0. The molecule has 1 amide bonds. The maximum Gasteiger partial charge on any atom is 0.342 e. The van der Waals surface area contributed by atoms with Crippen LogP contribution in [-0.2, 0) is 4.74 Å². The van der Waals surface area contributed by atoms with E-state index in [4.69, 9.17) is 28.4 Å². The molecule has 0 aromatic heterocycles. The summed E-state index contributed by atoms with van der Waals surface area (Å²) in [4.78, 5) is 27.6. The molecule has 4 rings (SSSR count). The number of fused-ring (bicyclic) bond motifs is 5. The van der Waals surface area contributed by atoms with Gasteiger partial charge in [-0.15, -0.1) is 0 Å². The second-order valence-electron chi connectivity index (χ2n) is 6.24. The second kappa shape index (κ2) is 6.77. The fourth-order valence-corrected chi connectivity index (χ4v) is 3.77. The van der Waals surface area contributed by atoms with Crippen molar-refractivity contribution >= 4 is 17.6 Å². The Morgan fingerprint density at radius 3 is 2.07 bits per heavy atom. The molecule has 0 saturated carbocycles. The maximum atomic E-state index is 13.4. The molecular formula is C20H19NO8. The van der Waals surface area contributed by atoms with Gasteiger partial charge in [-0.1, -0.05) is 0 Å². The molecule has 1 atom stereocenters. The average Bonchev–Trinajstić information content (AvgIpc) is 3.03. The van der Waals surface area contributed by atoms with Crippen LogP contribution in [0, 0.1) is 0 Å². The molecule has 9 heteroatoms. The molecule has 2 aliphatic rings. The Hall–Kier alpha value is -3.62. The number of carbonyl (C=O) groups is 2. The monoisotopic (exact) mass is 401 g/mol. The number of hydrogen-bond donors (Lipinski definition) is 0. The van der Waals surface area contributed by atoms with Crippen molar-refractivity contribution in [2.24, 2.45) is 0 Å².